The van der Waals surface area contributed by atoms with Gasteiger partial charge in [-0.1, -0.05) is 23.7 Å². The summed E-state index contributed by atoms with van der Waals surface area (Å²) in [7, 11) is -1.74. The molecule has 2 saturated heterocycles. The van der Waals surface area contributed by atoms with E-state index in [4.69, 9.17) is 22.3 Å². The summed E-state index contributed by atoms with van der Waals surface area (Å²) in [5.74, 6) is 1.73. The Labute approximate surface area is 258 Å². The summed E-state index contributed by atoms with van der Waals surface area (Å²) >= 11 is 6.65. The average Bonchev–Trinajstić information content (AvgIpc) is 3.60. The molecular formula is C30H43ClN6O5S. The molecule has 3 fully saturated rings. The lowest BCUT2D eigenvalue weighted by molar-refractivity contribution is -0.138. The molecule has 1 aliphatic carbocycles. The van der Waals surface area contributed by atoms with Gasteiger partial charge < -0.3 is 20.7 Å². The van der Waals surface area contributed by atoms with Crippen LogP contribution in [0.25, 0.3) is 11.3 Å². The molecule has 4 N–H and O–H groups in total. The van der Waals surface area contributed by atoms with Crippen LogP contribution in [-0.2, 0) is 14.8 Å². The van der Waals surface area contributed by atoms with E-state index in [2.05, 4.69) is 4.98 Å². The Kier molecular flexibility index (Phi) is 9.41. The number of anilines is 1. The molecule has 13 heteroatoms. The number of carboxylic acid groups (broad SMARTS) is 1. The number of carbonyl (C=O) groups is 2. The van der Waals surface area contributed by atoms with Gasteiger partial charge in [0.25, 0.3) is 0 Å². The monoisotopic (exact) mass is 634 g/mol. The number of sulfonamides is 1. The van der Waals surface area contributed by atoms with Crippen molar-refractivity contribution in [3.8, 4) is 11.3 Å². The second kappa shape index (κ2) is 12.7. The third kappa shape index (κ3) is 6.87. The number of aromatic amines is 1. The number of halogens is 1. The Morgan fingerprint density at radius 3 is 2.28 bits per heavy atom. The van der Waals surface area contributed by atoms with Gasteiger partial charge in [-0.05, 0) is 81.8 Å². The summed E-state index contributed by atoms with van der Waals surface area (Å²) < 4.78 is 25.7. The fourth-order valence-corrected chi connectivity index (χ4v) is 8.32. The largest absolute Gasteiger partial charge is 0.465 e. The van der Waals surface area contributed by atoms with Crippen molar-refractivity contribution < 1.29 is 23.1 Å². The minimum Gasteiger partial charge on any atom is -0.465 e. The highest BCUT2D eigenvalue weighted by atomic mass is 35.5. The molecule has 3 atom stereocenters. The lowest BCUT2D eigenvalue weighted by atomic mass is 9.78. The minimum atomic E-state index is -3.22. The molecule has 43 heavy (non-hydrogen) atoms. The SMILES string of the molecule is C[C@H](N)C1CCC(C(=O)N2C[C@@H](C3CCN(S(C)(=O)=O)CC3)C[C@H]2c2nc(Cl)c(-c3ccc(N(C)C(=O)O)cc3)[nH]2)CC1. The van der Waals surface area contributed by atoms with Gasteiger partial charge in [-0.2, -0.15) is 0 Å². The quantitative estimate of drug-likeness (QED) is 0.404. The smallest absolute Gasteiger partial charge is 0.411 e. The molecule has 5 rings (SSSR count). The second-order valence-electron chi connectivity index (χ2n) is 12.6. The number of nitrogens with two attached hydrogens (primary N) is 1. The van der Waals surface area contributed by atoms with E-state index in [1.807, 2.05) is 11.8 Å². The fourth-order valence-electron chi connectivity index (χ4n) is 7.20. The molecule has 1 aromatic heterocycles. The maximum absolute atomic E-state index is 14.1. The van der Waals surface area contributed by atoms with Gasteiger partial charge in [-0.15, -0.1) is 0 Å². The first-order valence-electron chi connectivity index (χ1n) is 15.2. The van der Waals surface area contributed by atoms with Gasteiger partial charge in [0.1, 0.15) is 5.82 Å². The number of nitrogens with zero attached hydrogens (tertiary/aromatic N) is 4. The van der Waals surface area contributed by atoms with Crippen molar-refractivity contribution in [3.05, 3.63) is 35.2 Å². The first-order valence-corrected chi connectivity index (χ1v) is 17.4. The molecule has 2 amide bonds. The predicted molar refractivity (Wildman–Crippen MR) is 166 cm³/mol. The van der Waals surface area contributed by atoms with E-state index < -0.39 is 16.1 Å². The number of aromatic nitrogens is 2. The van der Waals surface area contributed by atoms with E-state index in [1.54, 1.807) is 28.6 Å². The minimum absolute atomic E-state index is 0.0491. The van der Waals surface area contributed by atoms with Gasteiger partial charge in [0.15, 0.2) is 5.15 Å². The van der Waals surface area contributed by atoms with E-state index >= 15 is 0 Å². The summed E-state index contributed by atoms with van der Waals surface area (Å²) in [5.41, 5.74) is 8.07. The zero-order chi connectivity index (χ0) is 31.1. The number of piperidine rings is 1. The van der Waals surface area contributed by atoms with Gasteiger partial charge in [0.2, 0.25) is 15.9 Å². The van der Waals surface area contributed by atoms with E-state index in [-0.39, 0.29) is 29.8 Å². The Balaban J connectivity index is 1.38. The zero-order valence-electron chi connectivity index (χ0n) is 25.1. The highest BCUT2D eigenvalue weighted by Gasteiger charge is 2.44. The van der Waals surface area contributed by atoms with Crippen molar-refractivity contribution in [2.75, 3.05) is 37.8 Å². The average molecular weight is 635 g/mol. The molecular weight excluding hydrogens is 592 g/mol. The van der Waals surface area contributed by atoms with Crippen LogP contribution in [-0.4, -0.2) is 83.7 Å². The van der Waals surface area contributed by atoms with Crippen LogP contribution in [0.1, 0.15) is 63.7 Å². The number of likely N-dealkylation sites (tertiary alicyclic amines) is 1. The Morgan fingerprint density at radius 1 is 1.09 bits per heavy atom. The lowest BCUT2D eigenvalue weighted by Gasteiger charge is -2.34. The van der Waals surface area contributed by atoms with Gasteiger partial charge in [0.05, 0.1) is 18.0 Å². The molecule has 3 heterocycles. The zero-order valence-corrected chi connectivity index (χ0v) is 26.6. The number of amides is 2. The maximum Gasteiger partial charge on any atom is 0.411 e. The van der Waals surface area contributed by atoms with Crippen LogP contribution in [0.2, 0.25) is 5.15 Å². The Hall–Kier alpha value is -2.67. The summed E-state index contributed by atoms with van der Waals surface area (Å²) in [6, 6.07) is 6.88. The first-order chi connectivity index (χ1) is 20.3. The highest BCUT2D eigenvalue weighted by molar-refractivity contribution is 7.88. The van der Waals surface area contributed by atoms with Gasteiger partial charge >= 0.3 is 6.09 Å². The lowest BCUT2D eigenvalue weighted by Crippen LogP contribution is -2.41. The van der Waals surface area contributed by atoms with Crippen molar-refractivity contribution in [1.29, 1.82) is 0 Å². The standard InChI is InChI=1S/C30H43ClN6O5S/c1-18(32)19-4-6-22(7-5-19)29(38)37-17-23(20-12-14-36(15-13-20)43(3,41)42)16-25(37)28-33-26(27(31)34-28)21-8-10-24(11-9-21)35(2)30(39)40/h8-11,18-20,22-23,25H,4-7,12-17,32H2,1-3H3,(H,33,34)(H,39,40)/t18-,19?,22?,23-,25-/m0/s1. The number of benzene rings is 1. The molecule has 11 nitrogen and oxygen atoms in total. The number of carbonyl (C=O) groups excluding carboxylic acids is 1. The van der Waals surface area contributed by atoms with Crippen LogP contribution in [0.15, 0.2) is 24.3 Å². The molecule has 2 aromatic rings. The molecule has 2 aliphatic heterocycles. The third-order valence-electron chi connectivity index (χ3n) is 9.94. The molecule has 3 aliphatic rings. The van der Waals surface area contributed by atoms with Crippen molar-refractivity contribution >= 4 is 39.3 Å². The Bertz CT molecular complexity index is 1410. The van der Waals surface area contributed by atoms with E-state index in [9.17, 15) is 23.1 Å². The Morgan fingerprint density at radius 2 is 1.72 bits per heavy atom. The number of rotatable bonds is 7. The van der Waals surface area contributed by atoms with Gasteiger partial charge in [0, 0.05) is 49.9 Å². The fraction of sp³-hybridized carbons (Fsp3) is 0.633. The van der Waals surface area contributed by atoms with Crippen LogP contribution in [0, 0.1) is 23.7 Å². The molecule has 1 aromatic carbocycles. The molecule has 0 unspecified atom stereocenters. The number of H-pyrrole nitrogens is 1. The summed E-state index contributed by atoms with van der Waals surface area (Å²) in [6.07, 6.45) is 6.03. The molecule has 0 spiro atoms. The molecule has 1 saturated carbocycles. The van der Waals surface area contributed by atoms with E-state index in [1.165, 1.54) is 13.3 Å². The van der Waals surface area contributed by atoms with Crippen molar-refractivity contribution in [2.24, 2.45) is 29.4 Å². The van der Waals surface area contributed by atoms with Crippen LogP contribution in [0.3, 0.4) is 0 Å². The number of nitrogens with one attached hydrogen (secondary N) is 1. The van der Waals surface area contributed by atoms with Gasteiger partial charge in [-0.3, -0.25) is 9.69 Å². The summed E-state index contributed by atoms with van der Waals surface area (Å²) in [5, 5.41) is 9.57. The van der Waals surface area contributed by atoms with Crippen molar-refractivity contribution in [2.45, 2.75) is 64.0 Å². The van der Waals surface area contributed by atoms with E-state index in [0.717, 1.165) is 55.4 Å². The maximum atomic E-state index is 14.1. The molecule has 0 bridgehead atoms. The molecule has 0 radical (unpaired) electrons. The summed E-state index contributed by atoms with van der Waals surface area (Å²) in [4.78, 5) is 36.6. The normalized spacial score (nSPS) is 26.4. The van der Waals surface area contributed by atoms with Crippen LogP contribution in [0.4, 0.5) is 10.5 Å². The van der Waals surface area contributed by atoms with Gasteiger partial charge in [-0.25, -0.2) is 22.5 Å². The van der Waals surface area contributed by atoms with Crippen LogP contribution < -0.4 is 10.6 Å². The first kappa shape index (κ1) is 31.7. The summed E-state index contributed by atoms with van der Waals surface area (Å²) in [6.45, 7) is 3.66. The number of hydrogen-bond acceptors (Lipinski definition) is 6. The van der Waals surface area contributed by atoms with Crippen molar-refractivity contribution in [3.63, 3.8) is 0 Å². The second-order valence-corrected chi connectivity index (χ2v) is 15.0. The topological polar surface area (TPSA) is 153 Å². The van der Waals surface area contributed by atoms with Crippen LogP contribution >= 0.6 is 11.6 Å². The van der Waals surface area contributed by atoms with E-state index in [0.29, 0.717) is 53.8 Å². The third-order valence-corrected chi connectivity index (χ3v) is 11.5. The van der Waals surface area contributed by atoms with Crippen molar-refractivity contribution in [1.82, 2.24) is 19.2 Å². The molecule has 236 valence electrons. The highest BCUT2D eigenvalue weighted by Crippen LogP contribution is 2.44. The predicted octanol–water partition coefficient (Wildman–Crippen LogP) is 4.56. The number of imidazole rings is 1. The number of hydrogen-bond donors (Lipinski definition) is 3. The van der Waals surface area contributed by atoms with Crippen LogP contribution in [0.5, 0.6) is 0 Å².